The lowest BCUT2D eigenvalue weighted by Gasteiger charge is -2.34. The largest absolute Gasteiger partial charge is 0.465 e. The van der Waals surface area contributed by atoms with Gasteiger partial charge in [0.25, 0.3) is 0 Å². The van der Waals surface area contributed by atoms with Gasteiger partial charge in [-0.05, 0) is 45.2 Å². The second-order valence-electron chi connectivity index (χ2n) is 3.92. The summed E-state index contributed by atoms with van der Waals surface area (Å²) >= 11 is 0. The fourth-order valence-corrected chi connectivity index (χ4v) is 3.68. The van der Waals surface area contributed by atoms with Crippen LogP contribution in [0.5, 0.6) is 0 Å². The summed E-state index contributed by atoms with van der Waals surface area (Å²) in [5, 5.41) is 10.8. The first-order valence-corrected chi connectivity index (χ1v) is 7.10. The SMILES string of the molecule is C[P]1(O)CCC(CNC(=O)O)CC1. The summed E-state index contributed by atoms with van der Waals surface area (Å²) in [4.78, 5) is 20.0. The lowest BCUT2D eigenvalue weighted by Crippen LogP contribution is -2.31. The highest BCUT2D eigenvalue weighted by Crippen LogP contribution is 2.55. The van der Waals surface area contributed by atoms with Crippen molar-refractivity contribution >= 4 is 13.6 Å². The Hall–Kier alpha value is -0.340. The summed E-state index contributed by atoms with van der Waals surface area (Å²) in [5.41, 5.74) is 0. The first kappa shape index (κ1) is 10.7. The van der Waals surface area contributed by atoms with E-state index in [0.29, 0.717) is 12.5 Å². The molecular weight excluding hydrogens is 189 g/mol. The molecule has 0 saturated carbocycles. The molecule has 77 valence electrons. The zero-order chi connectivity index (χ0) is 9.90. The van der Waals surface area contributed by atoms with Gasteiger partial charge >= 0.3 is 6.09 Å². The normalized spacial score (nSPS) is 34.2. The summed E-state index contributed by atoms with van der Waals surface area (Å²) in [6, 6.07) is 0. The van der Waals surface area contributed by atoms with Gasteiger partial charge in [0.2, 0.25) is 0 Å². The third-order valence-electron chi connectivity index (χ3n) is 2.58. The maximum atomic E-state index is 10.2. The summed E-state index contributed by atoms with van der Waals surface area (Å²) in [6.45, 7) is 2.49. The van der Waals surface area contributed by atoms with E-state index >= 15 is 0 Å². The molecule has 1 amide bonds. The van der Waals surface area contributed by atoms with Gasteiger partial charge < -0.3 is 15.3 Å². The number of carboxylic acid groups (broad SMARTS) is 1. The van der Waals surface area contributed by atoms with E-state index in [9.17, 15) is 9.69 Å². The second-order valence-corrected chi connectivity index (χ2v) is 7.49. The lowest BCUT2D eigenvalue weighted by molar-refractivity contribution is 0.192. The summed E-state index contributed by atoms with van der Waals surface area (Å²) in [7, 11) is -1.60. The van der Waals surface area contributed by atoms with Gasteiger partial charge in [0, 0.05) is 6.54 Å². The van der Waals surface area contributed by atoms with E-state index in [1.165, 1.54) is 0 Å². The van der Waals surface area contributed by atoms with Gasteiger partial charge in [0.15, 0.2) is 0 Å². The fraction of sp³-hybridized carbons (Fsp3) is 0.875. The zero-order valence-corrected chi connectivity index (χ0v) is 8.76. The highest BCUT2D eigenvalue weighted by Gasteiger charge is 2.26. The highest BCUT2D eigenvalue weighted by molar-refractivity contribution is 7.69. The van der Waals surface area contributed by atoms with Crippen LogP contribution in [0.1, 0.15) is 12.8 Å². The van der Waals surface area contributed by atoms with Gasteiger partial charge in [0.05, 0.1) is 0 Å². The number of rotatable bonds is 2. The average molecular weight is 206 g/mol. The van der Waals surface area contributed by atoms with Gasteiger partial charge in [-0.15, -0.1) is 0 Å². The third-order valence-corrected chi connectivity index (χ3v) is 5.02. The molecule has 0 aromatic heterocycles. The van der Waals surface area contributed by atoms with Crippen molar-refractivity contribution in [2.75, 3.05) is 25.5 Å². The summed E-state index contributed by atoms with van der Waals surface area (Å²) in [5.74, 6) is 0.427. The molecule has 0 aromatic rings. The van der Waals surface area contributed by atoms with Crippen LogP contribution in [-0.4, -0.2) is 41.6 Å². The molecule has 0 aromatic carbocycles. The number of carbonyl (C=O) groups is 1. The van der Waals surface area contributed by atoms with Crippen LogP contribution < -0.4 is 5.32 Å². The minimum atomic E-state index is -1.60. The highest BCUT2D eigenvalue weighted by atomic mass is 31.2. The number of hydrogen-bond acceptors (Lipinski definition) is 2. The zero-order valence-electron chi connectivity index (χ0n) is 7.86. The molecule has 1 aliphatic heterocycles. The standard InChI is InChI=1S/C8H17NO3P/c1-13(12)4-2-7(3-5-13)6-9-8(10)11/h7,9,12H,2-6H2,1H3,(H,10,11). The van der Waals surface area contributed by atoms with E-state index in [0.717, 1.165) is 25.2 Å². The van der Waals surface area contributed by atoms with Crippen LogP contribution >= 0.6 is 7.49 Å². The molecule has 13 heavy (non-hydrogen) atoms. The van der Waals surface area contributed by atoms with Crippen LogP contribution in [0.15, 0.2) is 0 Å². The Morgan fingerprint density at radius 3 is 2.54 bits per heavy atom. The van der Waals surface area contributed by atoms with E-state index in [4.69, 9.17) is 5.11 Å². The Morgan fingerprint density at radius 1 is 1.54 bits per heavy atom. The van der Waals surface area contributed by atoms with Crippen molar-refractivity contribution in [2.24, 2.45) is 5.92 Å². The molecule has 4 nitrogen and oxygen atoms in total. The van der Waals surface area contributed by atoms with Crippen molar-refractivity contribution in [2.45, 2.75) is 12.8 Å². The van der Waals surface area contributed by atoms with Crippen molar-refractivity contribution in [1.82, 2.24) is 5.32 Å². The minimum absolute atomic E-state index is 0.427. The molecule has 3 N–H and O–H groups in total. The van der Waals surface area contributed by atoms with Crippen molar-refractivity contribution in [1.29, 1.82) is 0 Å². The Balaban J connectivity index is 2.21. The first-order valence-electron chi connectivity index (χ1n) is 4.54. The lowest BCUT2D eigenvalue weighted by atomic mass is 10.0. The van der Waals surface area contributed by atoms with Gasteiger partial charge in [0.1, 0.15) is 0 Å². The van der Waals surface area contributed by atoms with Crippen molar-refractivity contribution in [3.8, 4) is 0 Å². The molecule has 1 radical (unpaired) electrons. The van der Waals surface area contributed by atoms with Crippen molar-refractivity contribution in [3.63, 3.8) is 0 Å². The van der Waals surface area contributed by atoms with Crippen LogP contribution in [0.2, 0.25) is 0 Å². The molecular formula is C8H17NO3P. The predicted molar refractivity (Wildman–Crippen MR) is 53.5 cm³/mol. The van der Waals surface area contributed by atoms with Crippen LogP contribution in [0.4, 0.5) is 4.79 Å². The average Bonchev–Trinajstić information content (AvgIpc) is 2.02. The van der Waals surface area contributed by atoms with Crippen molar-refractivity contribution < 1.29 is 14.8 Å². The Kier molecular flexibility index (Phi) is 3.51. The van der Waals surface area contributed by atoms with E-state index in [-0.39, 0.29) is 0 Å². The molecule has 1 aliphatic rings. The number of hydrogen-bond donors (Lipinski definition) is 3. The molecule has 1 rings (SSSR count). The van der Waals surface area contributed by atoms with Crippen LogP contribution in [0, 0.1) is 5.92 Å². The molecule has 0 atom stereocenters. The van der Waals surface area contributed by atoms with Gasteiger partial charge in [-0.25, -0.2) is 4.79 Å². The van der Waals surface area contributed by atoms with Crippen LogP contribution in [0.3, 0.4) is 0 Å². The van der Waals surface area contributed by atoms with Gasteiger partial charge in [-0.1, -0.05) is 0 Å². The van der Waals surface area contributed by atoms with Crippen molar-refractivity contribution in [3.05, 3.63) is 0 Å². The van der Waals surface area contributed by atoms with E-state index in [1.807, 2.05) is 6.66 Å². The fourth-order valence-electron chi connectivity index (χ4n) is 1.61. The maximum Gasteiger partial charge on any atom is 0.404 e. The summed E-state index contributed by atoms with van der Waals surface area (Å²) < 4.78 is 0. The number of amides is 1. The Bertz CT molecular complexity index is 186. The van der Waals surface area contributed by atoms with E-state index in [1.54, 1.807) is 0 Å². The molecule has 0 unspecified atom stereocenters. The molecule has 1 heterocycles. The third kappa shape index (κ3) is 3.92. The smallest absolute Gasteiger partial charge is 0.404 e. The Morgan fingerprint density at radius 2 is 2.08 bits per heavy atom. The molecule has 5 heteroatoms. The van der Waals surface area contributed by atoms with Crippen LogP contribution in [0.25, 0.3) is 0 Å². The minimum Gasteiger partial charge on any atom is -0.465 e. The Labute approximate surface area is 78.8 Å². The molecule has 0 aliphatic carbocycles. The molecule has 0 spiro atoms. The van der Waals surface area contributed by atoms with Crippen LogP contribution in [-0.2, 0) is 0 Å². The summed E-state index contributed by atoms with van der Waals surface area (Å²) in [6.07, 6.45) is 2.74. The molecule has 1 fully saturated rings. The molecule has 1 saturated heterocycles. The van der Waals surface area contributed by atoms with E-state index < -0.39 is 13.6 Å². The quantitative estimate of drug-likeness (QED) is 0.595. The second kappa shape index (κ2) is 4.25. The molecule has 0 bridgehead atoms. The topological polar surface area (TPSA) is 69.6 Å². The van der Waals surface area contributed by atoms with Gasteiger partial charge in [-0.2, -0.15) is 0 Å². The van der Waals surface area contributed by atoms with E-state index in [2.05, 4.69) is 5.32 Å². The number of nitrogens with one attached hydrogen (secondary N) is 1. The van der Waals surface area contributed by atoms with Gasteiger partial charge in [-0.3, -0.25) is 0 Å². The first-order chi connectivity index (χ1) is 5.99. The predicted octanol–water partition coefficient (Wildman–Crippen LogP) is 1.22. The maximum absolute atomic E-state index is 10.2. The monoisotopic (exact) mass is 206 g/mol.